The Morgan fingerprint density at radius 1 is 0.968 bits per heavy atom. The van der Waals surface area contributed by atoms with Crippen LogP contribution in [-0.4, -0.2) is 18.9 Å². The van der Waals surface area contributed by atoms with E-state index in [4.69, 9.17) is 9.97 Å². The van der Waals surface area contributed by atoms with Crippen LogP contribution in [0.2, 0.25) is 0 Å². The van der Waals surface area contributed by atoms with Crippen molar-refractivity contribution in [1.82, 2.24) is 18.9 Å². The van der Waals surface area contributed by atoms with Gasteiger partial charge in [0, 0.05) is 18.1 Å². The molecular weight excluding hydrogens is 404 g/mol. The molecule has 154 valence electrons. The first kappa shape index (κ1) is 19.6. The lowest BCUT2D eigenvalue weighted by atomic mass is 10.1. The number of benzene rings is 2. The van der Waals surface area contributed by atoms with E-state index in [-0.39, 0.29) is 11.6 Å². The van der Waals surface area contributed by atoms with Crippen molar-refractivity contribution in [3.63, 3.8) is 0 Å². The number of imidazole rings is 1. The molecule has 2 aromatic carbocycles. The van der Waals surface area contributed by atoms with Gasteiger partial charge in [-0.1, -0.05) is 60.3 Å². The summed E-state index contributed by atoms with van der Waals surface area (Å²) in [6.07, 6.45) is 4.05. The lowest BCUT2D eigenvalue weighted by Gasteiger charge is -2.19. The van der Waals surface area contributed by atoms with Gasteiger partial charge in [-0.05, 0) is 43.2 Å². The Kier molecular flexibility index (Phi) is 5.08. The fourth-order valence-corrected chi connectivity index (χ4v) is 4.82. The molecule has 6 heteroatoms. The number of pyridine rings is 1. The quantitative estimate of drug-likeness (QED) is 0.284. The van der Waals surface area contributed by atoms with Crippen LogP contribution >= 0.6 is 11.8 Å². The summed E-state index contributed by atoms with van der Waals surface area (Å²) >= 11 is 1.55. The molecule has 5 aromatic rings. The number of thioether (sulfide) groups is 1. The third kappa shape index (κ3) is 3.64. The first-order valence-corrected chi connectivity index (χ1v) is 11.2. The van der Waals surface area contributed by atoms with Gasteiger partial charge in [-0.25, -0.2) is 9.97 Å². The molecule has 0 aliphatic heterocycles. The fraction of sp³-hybridized carbons (Fsp3) is 0.160. The monoisotopic (exact) mass is 426 g/mol. The van der Waals surface area contributed by atoms with E-state index in [1.165, 1.54) is 0 Å². The molecule has 31 heavy (non-hydrogen) atoms. The lowest BCUT2D eigenvalue weighted by molar-refractivity contribution is 0.548. The van der Waals surface area contributed by atoms with E-state index in [1.807, 2.05) is 88.9 Å². The van der Waals surface area contributed by atoms with Crippen molar-refractivity contribution >= 4 is 28.3 Å². The average molecular weight is 427 g/mol. The molecule has 1 unspecified atom stereocenters. The molecule has 1 atom stereocenters. The molecule has 3 heterocycles. The molecule has 0 aliphatic carbocycles. The van der Waals surface area contributed by atoms with Crippen molar-refractivity contribution in [2.24, 2.45) is 0 Å². The second kappa shape index (κ2) is 8.04. The van der Waals surface area contributed by atoms with E-state index in [9.17, 15) is 4.79 Å². The van der Waals surface area contributed by atoms with Crippen LogP contribution in [0, 0.1) is 6.92 Å². The van der Waals surface area contributed by atoms with Gasteiger partial charge in [-0.3, -0.25) is 9.36 Å². The number of nitrogens with zero attached hydrogens (tertiary/aromatic N) is 4. The summed E-state index contributed by atoms with van der Waals surface area (Å²) < 4.78 is 3.85. The van der Waals surface area contributed by atoms with E-state index >= 15 is 0 Å². The molecule has 0 saturated heterocycles. The highest BCUT2D eigenvalue weighted by Crippen LogP contribution is 2.27. The summed E-state index contributed by atoms with van der Waals surface area (Å²) in [5, 5.41) is 1.34. The minimum Gasteiger partial charge on any atom is -0.307 e. The lowest BCUT2D eigenvalue weighted by Crippen LogP contribution is -2.27. The fourth-order valence-electron chi connectivity index (χ4n) is 3.86. The Bertz CT molecular complexity index is 1440. The van der Waals surface area contributed by atoms with Gasteiger partial charge in [0.05, 0.1) is 22.6 Å². The maximum Gasteiger partial charge on any atom is 0.262 e. The van der Waals surface area contributed by atoms with E-state index in [0.29, 0.717) is 16.3 Å². The first-order chi connectivity index (χ1) is 15.1. The highest BCUT2D eigenvalue weighted by atomic mass is 32.2. The smallest absolute Gasteiger partial charge is 0.262 e. The third-order valence-electron chi connectivity index (χ3n) is 5.52. The summed E-state index contributed by atoms with van der Waals surface area (Å²) in [5.41, 5.74) is 4.83. The van der Waals surface area contributed by atoms with Crippen LogP contribution in [0.1, 0.15) is 29.8 Å². The van der Waals surface area contributed by atoms with Gasteiger partial charge >= 0.3 is 0 Å². The van der Waals surface area contributed by atoms with Gasteiger partial charge < -0.3 is 4.40 Å². The van der Waals surface area contributed by atoms with E-state index < -0.39 is 0 Å². The Morgan fingerprint density at radius 2 is 1.74 bits per heavy atom. The molecule has 5 nitrogen and oxygen atoms in total. The van der Waals surface area contributed by atoms with Crippen molar-refractivity contribution in [2.45, 2.75) is 30.8 Å². The Labute approximate surface area is 184 Å². The van der Waals surface area contributed by atoms with Gasteiger partial charge in [-0.15, -0.1) is 0 Å². The van der Waals surface area contributed by atoms with Crippen molar-refractivity contribution in [3.05, 3.63) is 106 Å². The zero-order chi connectivity index (χ0) is 21.4. The Hall–Kier alpha value is -3.38. The average Bonchev–Trinajstić information content (AvgIpc) is 3.23. The van der Waals surface area contributed by atoms with Crippen LogP contribution < -0.4 is 5.56 Å². The van der Waals surface area contributed by atoms with Crippen LogP contribution in [0.3, 0.4) is 0 Å². The third-order valence-corrected chi connectivity index (χ3v) is 6.51. The number of fused-ring (bicyclic) bond motifs is 2. The second-order valence-corrected chi connectivity index (χ2v) is 8.56. The first-order valence-electron chi connectivity index (χ1n) is 10.2. The Balaban J connectivity index is 1.57. The highest BCUT2D eigenvalue weighted by molar-refractivity contribution is 7.98. The maximum atomic E-state index is 13.5. The van der Waals surface area contributed by atoms with Crippen LogP contribution in [0.5, 0.6) is 0 Å². The zero-order valence-electron chi connectivity index (χ0n) is 17.4. The summed E-state index contributed by atoms with van der Waals surface area (Å²) in [6, 6.07) is 21.6. The largest absolute Gasteiger partial charge is 0.307 e. The number of hydrogen-bond donors (Lipinski definition) is 0. The standard InChI is InChI=1S/C25H22N4OS/c1-17-9-8-14-28-15-20(26-23(17)28)16-31-25-27-22-13-7-6-12-21(22)24(30)29(25)18(2)19-10-4-3-5-11-19/h3-15,18H,16H2,1-2H3. The minimum absolute atomic E-state index is 0.0182. The molecule has 0 N–H and O–H groups in total. The van der Waals surface area contributed by atoms with Gasteiger partial charge in [0.25, 0.3) is 5.56 Å². The summed E-state index contributed by atoms with van der Waals surface area (Å²) in [6.45, 7) is 4.11. The van der Waals surface area contributed by atoms with Crippen molar-refractivity contribution in [3.8, 4) is 0 Å². The highest BCUT2D eigenvalue weighted by Gasteiger charge is 2.18. The molecule has 0 aliphatic rings. The number of para-hydroxylation sites is 1. The minimum atomic E-state index is -0.128. The summed E-state index contributed by atoms with van der Waals surface area (Å²) in [4.78, 5) is 23.1. The summed E-state index contributed by atoms with van der Waals surface area (Å²) in [7, 11) is 0. The number of aryl methyl sites for hydroxylation is 1. The molecular formula is C25H22N4OS. The molecule has 0 bridgehead atoms. The molecule has 3 aromatic heterocycles. The predicted molar refractivity (Wildman–Crippen MR) is 126 cm³/mol. The Morgan fingerprint density at radius 3 is 2.55 bits per heavy atom. The van der Waals surface area contributed by atoms with Gasteiger partial charge in [0.2, 0.25) is 0 Å². The van der Waals surface area contributed by atoms with Crippen molar-refractivity contribution in [2.75, 3.05) is 0 Å². The number of rotatable bonds is 5. The number of aromatic nitrogens is 4. The van der Waals surface area contributed by atoms with Gasteiger partial charge in [0.1, 0.15) is 5.65 Å². The maximum absolute atomic E-state index is 13.5. The van der Waals surface area contributed by atoms with Crippen LogP contribution in [0.4, 0.5) is 0 Å². The van der Waals surface area contributed by atoms with Crippen LogP contribution in [0.15, 0.2) is 89.1 Å². The number of hydrogen-bond acceptors (Lipinski definition) is 4. The molecule has 0 radical (unpaired) electrons. The van der Waals surface area contributed by atoms with E-state index in [2.05, 4.69) is 13.0 Å². The molecule has 0 saturated carbocycles. The zero-order valence-corrected chi connectivity index (χ0v) is 18.2. The molecule has 0 amide bonds. The van der Waals surface area contributed by atoms with Gasteiger partial charge in [0.15, 0.2) is 5.16 Å². The molecule has 5 rings (SSSR count). The van der Waals surface area contributed by atoms with Crippen molar-refractivity contribution in [1.29, 1.82) is 0 Å². The normalized spacial score (nSPS) is 12.5. The van der Waals surface area contributed by atoms with E-state index in [1.54, 1.807) is 11.8 Å². The summed E-state index contributed by atoms with van der Waals surface area (Å²) in [5.74, 6) is 0.632. The van der Waals surface area contributed by atoms with Gasteiger partial charge in [-0.2, -0.15) is 0 Å². The predicted octanol–water partition coefficient (Wildman–Crippen LogP) is 5.25. The topological polar surface area (TPSA) is 52.2 Å². The van der Waals surface area contributed by atoms with E-state index in [0.717, 1.165) is 28.0 Å². The molecule has 0 spiro atoms. The second-order valence-electron chi connectivity index (χ2n) is 7.62. The van der Waals surface area contributed by atoms with Crippen LogP contribution in [-0.2, 0) is 5.75 Å². The van der Waals surface area contributed by atoms with Crippen molar-refractivity contribution < 1.29 is 0 Å². The SMILES string of the molecule is Cc1cccn2cc(CSc3nc4ccccc4c(=O)n3C(C)c3ccccc3)nc12. The molecule has 0 fully saturated rings. The van der Waals surface area contributed by atoms with Crippen LogP contribution in [0.25, 0.3) is 16.6 Å².